The Kier molecular flexibility index (Phi) is 5.38. The van der Waals surface area contributed by atoms with Gasteiger partial charge >= 0.3 is 0 Å². The molecule has 0 saturated heterocycles. The van der Waals surface area contributed by atoms with E-state index in [0.29, 0.717) is 11.4 Å². The highest BCUT2D eigenvalue weighted by Gasteiger charge is 2.09. The van der Waals surface area contributed by atoms with Crippen molar-refractivity contribution >= 4 is 38.5 Å². The third kappa shape index (κ3) is 4.53. The van der Waals surface area contributed by atoms with Crippen molar-refractivity contribution in [3.8, 4) is 0 Å². The molecule has 23 heavy (non-hydrogen) atoms. The molecule has 0 N–H and O–H groups in total. The molecule has 0 amide bonds. The minimum absolute atomic E-state index is 0.161. The molecule has 0 bridgehead atoms. The molecule has 0 fully saturated rings. The van der Waals surface area contributed by atoms with Gasteiger partial charge in [-0.25, -0.2) is 8.42 Å². The highest BCUT2D eigenvalue weighted by atomic mass is 35.5. The van der Waals surface area contributed by atoms with Gasteiger partial charge in [0.1, 0.15) is 5.69 Å². The van der Waals surface area contributed by atoms with Crippen molar-refractivity contribution in [3.63, 3.8) is 0 Å². The number of nitrogens with zero attached hydrogens (tertiary/aromatic N) is 3. The van der Waals surface area contributed by atoms with Gasteiger partial charge < -0.3 is 4.90 Å². The molecule has 2 aromatic rings. The average Bonchev–Trinajstić information content (AvgIpc) is 2.52. The van der Waals surface area contributed by atoms with Crippen LogP contribution in [0, 0.1) is 0 Å². The standard InChI is InChI=1S/C16H18ClN3O2S/c1-4-20(2)13-7-5-12(6-8-13)18-19-16-10-9-14(11-15(16)17)23(3,21)22/h5-11H,4H2,1-3H3. The van der Waals surface area contributed by atoms with Crippen LogP contribution in [-0.2, 0) is 9.84 Å². The van der Waals surface area contributed by atoms with Gasteiger partial charge in [0.05, 0.1) is 15.6 Å². The molecule has 7 heteroatoms. The van der Waals surface area contributed by atoms with Crippen LogP contribution >= 0.6 is 11.6 Å². The van der Waals surface area contributed by atoms with Gasteiger partial charge in [0.2, 0.25) is 0 Å². The van der Waals surface area contributed by atoms with E-state index in [9.17, 15) is 8.42 Å². The number of rotatable bonds is 5. The number of benzene rings is 2. The molecule has 2 rings (SSSR count). The zero-order chi connectivity index (χ0) is 17.0. The van der Waals surface area contributed by atoms with Crippen LogP contribution in [0.4, 0.5) is 17.1 Å². The second kappa shape index (κ2) is 7.10. The summed E-state index contributed by atoms with van der Waals surface area (Å²) in [6.07, 6.45) is 1.13. The van der Waals surface area contributed by atoms with Crippen molar-refractivity contribution in [1.82, 2.24) is 0 Å². The quantitative estimate of drug-likeness (QED) is 0.738. The van der Waals surface area contributed by atoms with E-state index in [2.05, 4.69) is 22.1 Å². The maximum absolute atomic E-state index is 11.5. The molecular formula is C16H18ClN3O2S. The summed E-state index contributed by atoms with van der Waals surface area (Å²) in [5.74, 6) is 0. The number of sulfone groups is 1. The topological polar surface area (TPSA) is 62.1 Å². The summed E-state index contributed by atoms with van der Waals surface area (Å²) in [6.45, 7) is 3.00. The maximum atomic E-state index is 11.5. The first-order valence-electron chi connectivity index (χ1n) is 7.04. The normalized spacial score (nSPS) is 11.8. The van der Waals surface area contributed by atoms with Crippen LogP contribution in [0.1, 0.15) is 6.92 Å². The van der Waals surface area contributed by atoms with E-state index in [1.54, 1.807) is 6.07 Å². The van der Waals surface area contributed by atoms with E-state index in [1.165, 1.54) is 12.1 Å². The summed E-state index contributed by atoms with van der Waals surface area (Å²) in [5, 5.41) is 8.46. The number of halogens is 1. The molecular weight excluding hydrogens is 334 g/mol. The summed E-state index contributed by atoms with van der Waals surface area (Å²) < 4.78 is 22.9. The number of hydrogen-bond acceptors (Lipinski definition) is 5. The minimum Gasteiger partial charge on any atom is -0.375 e. The molecule has 0 saturated carbocycles. The Bertz CT molecular complexity index is 818. The smallest absolute Gasteiger partial charge is 0.175 e. The highest BCUT2D eigenvalue weighted by Crippen LogP contribution is 2.29. The molecule has 0 spiro atoms. The molecule has 0 atom stereocenters. The second-order valence-corrected chi connectivity index (χ2v) is 7.54. The molecule has 5 nitrogen and oxygen atoms in total. The highest BCUT2D eigenvalue weighted by molar-refractivity contribution is 7.90. The Morgan fingerprint density at radius 3 is 2.26 bits per heavy atom. The van der Waals surface area contributed by atoms with E-state index in [-0.39, 0.29) is 9.92 Å². The Morgan fingerprint density at radius 1 is 1.09 bits per heavy atom. The third-order valence-electron chi connectivity index (χ3n) is 3.39. The summed E-state index contributed by atoms with van der Waals surface area (Å²) in [5.41, 5.74) is 2.22. The molecule has 2 aromatic carbocycles. The average molecular weight is 352 g/mol. The molecule has 122 valence electrons. The second-order valence-electron chi connectivity index (χ2n) is 5.12. The van der Waals surface area contributed by atoms with Crippen molar-refractivity contribution in [2.24, 2.45) is 10.2 Å². The summed E-state index contributed by atoms with van der Waals surface area (Å²) in [7, 11) is -1.27. The van der Waals surface area contributed by atoms with Crippen molar-refractivity contribution in [2.75, 3.05) is 24.7 Å². The molecule has 0 aromatic heterocycles. The fourth-order valence-electron chi connectivity index (χ4n) is 1.87. The predicted molar refractivity (Wildman–Crippen MR) is 94.1 cm³/mol. The largest absolute Gasteiger partial charge is 0.375 e. The van der Waals surface area contributed by atoms with E-state index in [1.807, 2.05) is 31.3 Å². The predicted octanol–water partition coefficient (Wildman–Crippen LogP) is 4.62. The van der Waals surface area contributed by atoms with Crippen molar-refractivity contribution in [2.45, 2.75) is 11.8 Å². The molecule has 0 unspecified atom stereocenters. The Morgan fingerprint density at radius 2 is 1.74 bits per heavy atom. The van der Waals surface area contributed by atoms with Crippen LogP contribution in [0.15, 0.2) is 57.6 Å². The van der Waals surface area contributed by atoms with Crippen LogP contribution in [0.5, 0.6) is 0 Å². The fraction of sp³-hybridized carbons (Fsp3) is 0.250. The fourth-order valence-corrected chi connectivity index (χ4v) is 2.80. The van der Waals surface area contributed by atoms with Crippen LogP contribution in [0.25, 0.3) is 0 Å². The lowest BCUT2D eigenvalue weighted by Gasteiger charge is -2.16. The van der Waals surface area contributed by atoms with Gasteiger partial charge in [0.15, 0.2) is 9.84 Å². The van der Waals surface area contributed by atoms with Crippen LogP contribution in [0.3, 0.4) is 0 Å². The third-order valence-corrected chi connectivity index (χ3v) is 4.80. The first kappa shape index (κ1) is 17.4. The van der Waals surface area contributed by atoms with Gasteiger partial charge in [0, 0.05) is 25.5 Å². The lowest BCUT2D eigenvalue weighted by Crippen LogP contribution is -2.15. The lowest BCUT2D eigenvalue weighted by atomic mass is 10.2. The van der Waals surface area contributed by atoms with Gasteiger partial charge in [-0.15, -0.1) is 5.11 Å². The van der Waals surface area contributed by atoms with Gasteiger partial charge in [-0.3, -0.25) is 0 Å². The van der Waals surface area contributed by atoms with Crippen molar-refractivity contribution in [3.05, 3.63) is 47.5 Å². The number of hydrogen-bond donors (Lipinski definition) is 0. The Balaban J connectivity index is 2.20. The van der Waals surface area contributed by atoms with E-state index in [0.717, 1.165) is 18.5 Å². The van der Waals surface area contributed by atoms with E-state index in [4.69, 9.17) is 11.6 Å². The van der Waals surface area contributed by atoms with Crippen LogP contribution in [0.2, 0.25) is 5.02 Å². The first-order chi connectivity index (χ1) is 10.8. The first-order valence-corrected chi connectivity index (χ1v) is 9.30. The number of anilines is 1. The molecule has 0 aliphatic carbocycles. The van der Waals surface area contributed by atoms with Crippen LogP contribution < -0.4 is 4.90 Å². The summed E-state index contributed by atoms with van der Waals surface area (Å²) >= 11 is 6.06. The maximum Gasteiger partial charge on any atom is 0.175 e. The molecule has 0 radical (unpaired) electrons. The van der Waals surface area contributed by atoms with Gasteiger partial charge in [0.25, 0.3) is 0 Å². The van der Waals surface area contributed by atoms with Crippen molar-refractivity contribution < 1.29 is 8.42 Å². The molecule has 0 aliphatic heterocycles. The van der Waals surface area contributed by atoms with Gasteiger partial charge in [-0.2, -0.15) is 5.11 Å². The van der Waals surface area contributed by atoms with Crippen molar-refractivity contribution in [1.29, 1.82) is 0 Å². The monoisotopic (exact) mass is 351 g/mol. The van der Waals surface area contributed by atoms with Gasteiger partial charge in [-0.05, 0) is 49.4 Å². The molecule has 0 heterocycles. The lowest BCUT2D eigenvalue weighted by molar-refractivity contribution is 0.602. The van der Waals surface area contributed by atoms with E-state index >= 15 is 0 Å². The minimum atomic E-state index is -3.29. The Labute approximate surface area is 141 Å². The SMILES string of the molecule is CCN(C)c1ccc(N=Nc2ccc(S(C)(=O)=O)cc2Cl)cc1. The Hall–Kier alpha value is -1.92. The van der Waals surface area contributed by atoms with E-state index < -0.39 is 9.84 Å². The molecule has 0 aliphatic rings. The zero-order valence-corrected chi connectivity index (χ0v) is 14.8. The summed E-state index contributed by atoms with van der Waals surface area (Å²) in [4.78, 5) is 2.27. The summed E-state index contributed by atoms with van der Waals surface area (Å²) in [6, 6.07) is 12.0. The number of azo groups is 1. The van der Waals surface area contributed by atoms with Crippen LogP contribution in [-0.4, -0.2) is 28.3 Å². The van der Waals surface area contributed by atoms with Gasteiger partial charge in [-0.1, -0.05) is 11.6 Å². The zero-order valence-electron chi connectivity index (χ0n) is 13.2.